The van der Waals surface area contributed by atoms with Crippen molar-refractivity contribution in [1.82, 2.24) is 14.5 Å². The lowest BCUT2D eigenvalue weighted by Gasteiger charge is -2.42. The molecule has 2 aliphatic heterocycles. The molecular formula is C21H23N3O3. The Morgan fingerprint density at radius 2 is 2.00 bits per heavy atom. The van der Waals surface area contributed by atoms with E-state index in [9.17, 15) is 4.79 Å². The van der Waals surface area contributed by atoms with Crippen LogP contribution in [0.2, 0.25) is 0 Å². The van der Waals surface area contributed by atoms with E-state index >= 15 is 0 Å². The van der Waals surface area contributed by atoms with Crippen LogP contribution in [0.15, 0.2) is 44.0 Å². The molecule has 0 aromatic carbocycles. The number of nitrogens with zero attached hydrogens (tertiary/aromatic N) is 3. The number of hydrogen-bond acceptors (Lipinski definition) is 5. The fourth-order valence-corrected chi connectivity index (χ4v) is 4.57. The van der Waals surface area contributed by atoms with Crippen LogP contribution in [0.25, 0.3) is 11.7 Å². The number of fused-ring (bicyclic) bond motifs is 4. The van der Waals surface area contributed by atoms with Gasteiger partial charge in [-0.25, -0.2) is 4.98 Å². The van der Waals surface area contributed by atoms with Gasteiger partial charge in [-0.15, -0.1) is 0 Å². The van der Waals surface area contributed by atoms with E-state index in [-0.39, 0.29) is 5.56 Å². The second kappa shape index (κ2) is 6.23. The predicted octanol–water partition coefficient (Wildman–Crippen LogP) is 3.33. The van der Waals surface area contributed by atoms with Crippen LogP contribution >= 0.6 is 0 Å². The maximum atomic E-state index is 12.2. The quantitative estimate of drug-likeness (QED) is 0.712. The van der Waals surface area contributed by atoms with Gasteiger partial charge in [0.1, 0.15) is 11.5 Å². The average molecular weight is 365 g/mol. The van der Waals surface area contributed by atoms with E-state index in [1.165, 1.54) is 5.69 Å². The maximum absolute atomic E-state index is 12.2. The zero-order valence-electron chi connectivity index (χ0n) is 15.6. The highest BCUT2D eigenvalue weighted by Gasteiger charge is 2.34. The van der Waals surface area contributed by atoms with Crippen molar-refractivity contribution in [3.63, 3.8) is 0 Å². The number of furan rings is 1. The fraction of sp³-hybridized carbons (Fsp3) is 0.429. The normalized spacial score (nSPS) is 22.0. The molecule has 27 heavy (non-hydrogen) atoms. The first kappa shape index (κ1) is 16.6. The van der Waals surface area contributed by atoms with E-state index < -0.39 is 0 Å². The Balaban J connectivity index is 1.37. The second-order valence-corrected chi connectivity index (χ2v) is 7.82. The molecule has 0 aliphatic carbocycles. The average Bonchev–Trinajstić information content (AvgIpc) is 3.22. The number of likely N-dealkylation sites (tertiary alicyclic amines) is 1. The Bertz CT molecular complexity index is 1050. The molecule has 2 unspecified atom stereocenters. The zero-order valence-corrected chi connectivity index (χ0v) is 15.6. The molecule has 1 saturated heterocycles. The molecule has 0 radical (unpaired) electrons. The molecule has 2 aliphatic rings. The highest BCUT2D eigenvalue weighted by atomic mass is 16.4. The summed E-state index contributed by atoms with van der Waals surface area (Å²) in [5, 5.41) is 0. The fourth-order valence-electron chi connectivity index (χ4n) is 4.57. The van der Waals surface area contributed by atoms with Gasteiger partial charge in [-0.1, -0.05) is 6.07 Å². The molecule has 5 rings (SSSR count). The Labute approximate surface area is 157 Å². The molecule has 140 valence electrons. The van der Waals surface area contributed by atoms with Gasteiger partial charge in [-0.05, 0) is 44.4 Å². The minimum atomic E-state index is 0.126. The predicted molar refractivity (Wildman–Crippen MR) is 101 cm³/mol. The zero-order chi connectivity index (χ0) is 18.5. The molecule has 3 aromatic heterocycles. The number of piperidine rings is 1. The van der Waals surface area contributed by atoms with E-state index in [4.69, 9.17) is 8.83 Å². The Kier molecular flexibility index (Phi) is 3.82. The largest absolute Gasteiger partial charge is 0.456 e. The van der Waals surface area contributed by atoms with Crippen LogP contribution in [0.1, 0.15) is 35.2 Å². The highest BCUT2D eigenvalue weighted by Crippen LogP contribution is 2.35. The summed E-state index contributed by atoms with van der Waals surface area (Å²) in [6, 6.07) is 9.46. The molecule has 6 heteroatoms. The van der Waals surface area contributed by atoms with Crippen LogP contribution in [-0.2, 0) is 13.1 Å². The molecule has 0 spiro atoms. The van der Waals surface area contributed by atoms with Crippen LogP contribution in [-0.4, -0.2) is 27.5 Å². The van der Waals surface area contributed by atoms with Crippen molar-refractivity contribution in [2.24, 2.45) is 5.92 Å². The summed E-state index contributed by atoms with van der Waals surface area (Å²) in [5.74, 6) is 3.82. The van der Waals surface area contributed by atoms with Crippen molar-refractivity contribution in [1.29, 1.82) is 0 Å². The summed E-state index contributed by atoms with van der Waals surface area (Å²) in [6.45, 7) is 7.38. The molecule has 2 bridgehead atoms. The van der Waals surface area contributed by atoms with Gasteiger partial charge >= 0.3 is 0 Å². The standard InChI is InChI=1S/C21H23N3O3/c1-13-6-7-19(26-13)21-22-17(14(2)27-21)12-23-9-15-8-16(11-23)18-4-3-5-20(25)24(18)10-15/h3-7,15-16H,8-12H2,1-2H3. The monoisotopic (exact) mass is 365 g/mol. The third kappa shape index (κ3) is 2.94. The minimum Gasteiger partial charge on any atom is -0.456 e. The SMILES string of the molecule is Cc1ccc(-c2nc(CN3CC4CC(C3)c3cccc(=O)n3C4)c(C)o2)o1. The Morgan fingerprint density at radius 3 is 2.81 bits per heavy atom. The Morgan fingerprint density at radius 1 is 1.11 bits per heavy atom. The number of aromatic nitrogens is 2. The summed E-state index contributed by atoms with van der Waals surface area (Å²) in [7, 11) is 0. The molecule has 0 amide bonds. The molecule has 2 atom stereocenters. The molecule has 3 aromatic rings. The van der Waals surface area contributed by atoms with Gasteiger partial charge < -0.3 is 13.4 Å². The summed E-state index contributed by atoms with van der Waals surface area (Å²) < 4.78 is 13.4. The van der Waals surface area contributed by atoms with Gasteiger partial charge in [-0.2, -0.15) is 0 Å². The summed E-state index contributed by atoms with van der Waals surface area (Å²) in [6.07, 6.45) is 1.16. The minimum absolute atomic E-state index is 0.126. The van der Waals surface area contributed by atoms with Crippen LogP contribution in [0.3, 0.4) is 0 Å². The smallest absolute Gasteiger partial charge is 0.263 e. The van der Waals surface area contributed by atoms with Crippen LogP contribution in [0.4, 0.5) is 0 Å². The van der Waals surface area contributed by atoms with Crippen molar-refractivity contribution in [2.45, 2.75) is 39.3 Å². The molecular weight excluding hydrogens is 342 g/mol. The maximum Gasteiger partial charge on any atom is 0.263 e. The van der Waals surface area contributed by atoms with Gasteiger partial charge in [0.25, 0.3) is 11.4 Å². The van der Waals surface area contributed by atoms with E-state index in [0.29, 0.717) is 23.5 Å². The first-order valence-corrected chi connectivity index (χ1v) is 9.52. The van der Waals surface area contributed by atoms with Gasteiger partial charge in [0.05, 0.1) is 5.69 Å². The molecule has 0 saturated carbocycles. The van der Waals surface area contributed by atoms with E-state index in [2.05, 4.69) is 16.0 Å². The van der Waals surface area contributed by atoms with Crippen LogP contribution < -0.4 is 5.56 Å². The number of pyridine rings is 1. The van der Waals surface area contributed by atoms with Gasteiger partial charge in [0.15, 0.2) is 5.76 Å². The lowest BCUT2D eigenvalue weighted by molar-refractivity contribution is 0.113. The summed E-state index contributed by atoms with van der Waals surface area (Å²) in [5.41, 5.74) is 2.26. The van der Waals surface area contributed by atoms with Crippen molar-refractivity contribution in [2.75, 3.05) is 13.1 Å². The topological polar surface area (TPSA) is 64.4 Å². The van der Waals surface area contributed by atoms with E-state index in [1.54, 1.807) is 6.07 Å². The highest BCUT2D eigenvalue weighted by molar-refractivity contribution is 5.45. The number of rotatable bonds is 3. The van der Waals surface area contributed by atoms with Crippen LogP contribution in [0.5, 0.6) is 0 Å². The van der Waals surface area contributed by atoms with Crippen molar-refractivity contribution < 1.29 is 8.83 Å². The first-order chi connectivity index (χ1) is 13.1. The summed E-state index contributed by atoms with van der Waals surface area (Å²) in [4.78, 5) is 19.3. The first-order valence-electron chi connectivity index (χ1n) is 9.52. The van der Waals surface area contributed by atoms with E-state index in [0.717, 1.165) is 49.8 Å². The number of hydrogen-bond donors (Lipinski definition) is 0. The van der Waals surface area contributed by atoms with Crippen molar-refractivity contribution in [3.8, 4) is 11.7 Å². The molecule has 5 heterocycles. The van der Waals surface area contributed by atoms with Crippen LogP contribution in [0, 0.1) is 19.8 Å². The lowest BCUT2D eigenvalue weighted by Crippen LogP contribution is -2.46. The van der Waals surface area contributed by atoms with Crippen molar-refractivity contribution in [3.05, 3.63) is 63.6 Å². The summed E-state index contributed by atoms with van der Waals surface area (Å²) >= 11 is 0. The second-order valence-electron chi connectivity index (χ2n) is 7.82. The third-order valence-electron chi connectivity index (χ3n) is 5.77. The molecule has 0 N–H and O–H groups in total. The third-order valence-corrected chi connectivity index (χ3v) is 5.77. The number of aryl methyl sites for hydroxylation is 2. The Hall–Kier alpha value is -2.60. The van der Waals surface area contributed by atoms with Gasteiger partial charge in [0, 0.05) is 43.9 Å². The van der Waals surface area contributed by atoms with Gasteiger partial charge in [0.2, 0.25) is 0 Å². The van der Waals surface area contributed by atoms with Crippen molar-refractivity contribution >= 4 is 0 Å². The van der Waals surface area contributed by atoms with E-state index in [1.807, 2.05) is 36.6 Å². The lowest BCUT2D eigenvalue weighted by atomic mass is 9.83. The molecule has 6 nitrogen and oxygen atoms in total. The number of oxazole rings is 1. The molecule has 1 fully saturated rings. The van der Waals surface area contributed by atoms with Gasteiger partial charge in [-0.3, -0.25) is 9.69 Å².